The van der Waals surface area contributed by atoms with E-state index in [0.717, 1.165) is 55.0 Å². The zero-order valence-corrected chi connectivity index (χ0v) is 18.0. The Morgan fingerprint density at radius 3 is 2.39 bits per heavy atom. The van der Waals surface area contributed by atoms with E-state index in [1.165, 1.54) is 12.1 Å². The molecule has 4 rings (SSSR count). The van der Waals surface area contributed by atoms with Crippen LogP contribution in [0, 0.1) is 17.6 Å². The second kappa shape index (κ2) is 9.56. The number of fused-ring (bicyclic) bond motifs is 1. The molecule has 1 heterocycles. The van der Waals surface area contributed by atoms with Crippen molar-refractivity contribution in [3.63, 3.8) is 0 Å². The molecule has 31 heavy (non-hydrogen) atoms. The predicted molar refractivity (Wildman–Crippen MR) is 121 cm³/mol. The highest BCUT2D eigenvalue weighted by atomic mass is 19.1. The number of halogens is 2. The summed E-state index contributed by atoms with van der Waals surface area (Å²) in [5.74, 6) is 1.09. The van der Waals surface area contributed by atoms with Crippen molar-refractivity contribution in [3.8, 4) is 0 Å². The van der Waals surface area contributed by atoms with Gasteiger partial charge in [-0.05, 0) is 68.0 Å². The van der Waals surface area contributed by atoms with Gasteiger partial charge in [-0.2, -0.15) is 4.98 Å². The molecular weight excluding hydrogens is 396 g/mol. The zero-order chi connectivity index (χ0) is 21.8. The molecule has 0 bridgehead atoms. The van der Waals surface area contributed by atoms with Gasteiger partial charge in [0.1, 0.15) is 17.5 Å². The summed E-state index contributed by atoms with van der Waals surface area (Å²) in [7, 11) is 3.99. The Morgan fingerprint density at radius 2 is 1.68 bits per heavy atom. The fraction of sp³-hybridized carbons (Fsp3) is 0.417. The molecule has 5 nitrogen and oxygen atoms in total. The van der Waals surface area contributed by atoms with Crippen LogP contribution in [0.2, 0.25) is 0 Å². The molecule has 2 N–H and O–H groups in total. The molecule has 164 valence electrons. The van der Waals surface area contributed by atoms with Crippen molar-refractivity contribution in [2.75, 3.05) is 30.9 Å². The average Bonchev–Trinajstić information content (AvgIpc) is 2.73. The SMILES string of the molecule is CN(C)c1nc(NC2CCC(CNCc3cc(F)cc(F)c3)CC2)nc2ccccc12. The van der Waals surface area contributed by atoms with Crippen molar-refractivity contribution < 1.29 is 8.78 Å². The number of hydrogen-bond donors (Lipinski definition) is 2. The second-order valence-electron chi connectivity index (χ2n) is 8.55. The molecule has 0 atom stereocenters. The Bertz CT molecular complexity index is 1010. The second-order valence-corrected chi connectivity index (χ2v) is 8.55. The van der Waals surface area contributed by atoms with Crippen molar-refractivity contribution in [2.45, 2.75) is 38.3 Å². The van der Waals surface area contributed by atoms with Gasteiger partial charge in [0, 0.05) is 38.1 Å². The topological polar surface area (TPSA) is 53.1 Å². The molecule has 2 aromatic carbocycles. The van der Waals surface area contributed by atoms with Gasteiger partial charge in [-0.1, -0.05) is 12.1 Å². The van der Waals surface area contributed by atoms with Gasteiger partial charge in [-0.15, -0.1) is 0 Å². The molecule has 1 aromatic heterocycles. The van der Waals surface area contributed by atoms with Gasteiger partial charge in [0.05, 0.1) is 5.52 Å². The molecule has 0 aliphatic heterocycles. The van der Waals surface area contributed by atoms with Gasteiger partial charge in [0.2, 0.25) is 5.95 Å². The Labute approximate surface area is 181 Å². The summed E-state index contributed by atoms with van der Waals surface area (Å²) >= 11 is 0. The lowest BCUT2D eigenvalue weighted by Crippen LogP contribution is -2.31. The van der Waals surface area contributed by atoms with E-state index in [2.05, 4.69) is 10.6 Å². The van der Waals surface area contributed by atoms with Crippen LogP contribution in [0.5, 0.6) is 0 Å². The van der Waals surface area contributed by atoms with Crippen LogP contribution in [0.15, 0.2) is 42.5 Å². The summed E-state index contributed by atoms with van der Waals surface area (Å²) in [5.41, 5.74) is 1.58. The fourth-order valence-electron chi connectivity index (χ4n) is 4.29. The van der Waals surface area contributed by atoms with Gasteiger partial charge in [-0.3, -0.25) is 0 Å². The molecule has 1 saturated carbocycles. The third kappa shape index (κ3) is 5.47. The van der Waals surface area contributed by atoms with Crippen molar-refractivity contribution in [2.24, 2.45) is 5.92 Å². The highest BCUT2D eigenvalue weighted by Gasteiger charge is 2.22. The van der Waals surface area contributed by atoms with Gasteiger partial charge < -0.3 is 15.5 Å². The fourth-order valence-corrected chi connectivity index (χ4v) is 4.29. The van der Waals surface area contributed by atoms with E-state index in [-0.39, 0.29) is 0 Å². The van der Waals surface area contributed by atoms with E-state index in [1.807, 2.05) is 43.3 Å². The molecule has 0 amide bonds. The van der Waals surface area contributed by atoms with Crippen LogP contribution in [0.3, 0.4) is 0 Å². The summed E-state index contributed by atoms with van der Waals surface area (Å²) in [6.07, 6.45) is 4.29. The van der Waals surface area contributed by atoms with Gasteiger partial charge >= 0.3 is 0 Å². The first-order valence-corrected chi connectivity index (χ1v) is 10.8. The predicted octanol–water partition coefficient (Wildman–Crippen LogP) is 4.73. The minimum atomic E-state index is -0.531. The van der Waals surface area contributed by atoms with Crippen LogP contribution in [0.1, 0.15) is 31.2 Å². The Morgan fingerprint density at radius 1 is 0.968 bits per heavy atom. The Balaban J connectivity index is 1.29. The first-order valence-electron chi connectivity index (χ1n) is 10.8. The first-order chi connectivity index (χ1) is 15.0. The maximum Gasteiger partial charge on any atom is 0.225 e. The summed E-state index contributed by atoms with van der Waals surface area (Å²) in [4.78, 5) is 11.5. The Hall–Kier alpha value is -2.80. The molecule has 0 saturated heterocycles. The maximum absolute atomic E-state index is 13.3. The molecular formula is C24H29F2N5. The summed E-state index contributed by atoms with van der Waals surface area (Å²) in [6.45, 7) is 1.33. The van der Waals surface area contributed by atoms with Crippen LogP contribution in [-0.2, 0) is 6.54 Å². The van der Waals surface area contributed by atoms with Crippen LogP contribution in [0.4, 0.5) is 20.5 Å². The molecule has 0 spiro atoms. The van der Waals surface area contributed by atoms with Crippen LogP contribution in [-0.4, -0.2) is 36.6 Å². The lowest BCUT2D eigenvalue weighted by Gasteiger charge is -2.29. The molecule has 1 aliphatic rings. The number of para-hydroxylation sites is 1. The summed E-state index contributed by atoms with van der Waals surface area (Å²) in [6, 6.07) is 12.1. The molecule has 1 aliphatic carbocycles. The number of rotatable bonds is 7. The number of benzene rings is 2. The summed E-state index contributed by atoms with van der Waals surface area (Å²) < 4.78 is 26.6. The molecule has 0 radical (unpaired) electrons. The van der Waals surface area contributed by atoms with Gasteiger partial charge in [0.25, 0.3) is 0 Å². The Kier molecular flexibility index (Phi) is 6.61. The highest BCUT2D eigenvalue weighted by molar-refractivity contribution is 5.90. The molecule has 1 fully saturated rings. The first kappa shape index (κ1) is 21.4. The summed E-state index contributed by atoms with van der Waals surface area (Å²) in [5, 5.41) is 7.92. The van der Waals surface area contributed by atoms with Crippen molar-refractivity contribution in [1.82, 2.24) is 15.3 Å². The number of nitrogens with zero attached hydrogens (tertiary/aromatic N) is 3. The molecule has 0 unspecified atom stereocenters. The number of hydrogen-bond acceptors (Lipinski definition) is 5. The van der Waals surface area contributed by atoms with Gasteiger partial charge in [-0.25, -0.2) is 13.8 Å². The minimum Gasteiger partial charge on any atom is -0.362 e. The largest absolute Gasteiger partial charge is 0.362 e. The van der Waals surface area contributed by atoms with E-state index in [9.17, 15) is 8.78 Å². The highest BCUT2D eigenvalue weighted by Crippen LogP contribution is 2.28. The zero-order valence-electron chi connectivity index (χ0n) is 18.0. The molecule has 3 aromatic rings. The molecule has 7 heteroatoms. The van der Waals surface area contributed by atoms with E-state index < -0.39 is 11.6 Å². The van der Waals surface area contributed by atoms with E-state index in [4.69, 9.17) is 9.97 Å². The van der Waals surface area contributed by atoms with E-state index in [1.54, 1.807) is 0 Å². The standard InChI is InChI=1S/C24H29F2N5/c1-31(2)23-21-5-3-4-6-22(21)29-24(30-23)28-20-9-7-16(8-10-20)14-27-15-17-11-18(25)13-19(26)12-17/h3-6,11-13,16,20,27H,7-10,14-15H2,1-2H3,(H,28,29,30). The third-order valence-electron chi connectivity index (χ3n) is 5.87. The number of nitrogens with one attached hydrogen (secondary N) is 2. The van der Waals surface area contributed by atoms with Crippen molar-refractivity contribution >= 4 is 22.7 Å². The number of aromatic nitrogens is 2. The normalized spacial score (nSPS) is 18.8. The average molecular weight is 426 g/mol. The maximum atomic E-state index is 13.3. The third-order valence-corrected chi connectivity index (χ3v) is 5.87. The van der Waals surface area contributed by atoms with Crippen molar-refractivity contribution in [3.05, 3.63) is 59.7 Å². The van der Waals surface area contributed by atoms with Crippen molar-refractivity contribution in [1.29, 1.82) is 0 Å². The van der Waals surface area contributed by atoms with E-state index >= 15 is 0 Å². The van der Waals surface area contributed by atoms with Crippen LogP contribution < -0.4 is 15.5 Å². The van der Waals surface area contributed by atoms with E-state index in [0.29, 0.717) is 30.0 Å². The quantitative estimate of drug-likeness (QED) is 0.573. The van der Waals surface area contributed by atoms with Gasteiger partial charge in [0.15, 0.2) is 0 Å². The monoisotopic (exact) mass is 425 g/mol. The lowest BCUT2D eigenvalue weighted by atomic mass is 9.86. The smallest absolute Gasteiger partial charge is 0.225 e. The lowest BCUT2D eigenvalue weighted by molar-refractivity contribution is 0.323. The number of anilines is 2. The minimum absolute atomic E-state index is 0.352. The van der Waals surface area contributed by atoms with Crippen LogP contribution >= 0.6 is 0 Å². The van der Waals surface area contributed by atoms with Crippen LogP contribution in [0.25, 0.3) is 10.9 Å².